The summed E-state index contributed by atoms with van der Waals surface area (Å²) in [6, 6.07) is 0. The summed E-state index contributed by atoms with van der Waals surface area (Å²) in [7, 11) is 0. The Morgan fingerprint density at radius 1 is 1.00 bits per heavy atom. The van der Waals surface area contributed by atoms with Crippen molar-refractivity contribution in [2.45, 2.75) is 25.4 Å². The van der Waals surface area contributed by atoms with E-state index in [0.717, 1.165) is 0 Å². The number of carboxylic acid groups (broad SMARTS) is 4. The summed E-state index contributed by atoms with van der Waals surface area (Å²) in [5.74, 6) is -7.36. The maximum atomic E-state index is 10.7. The minimum Gasteiger partial charge on any atom is -0.550 e. The second kappa shape index (κ2) is 13.5. The molecule has 0 spiro atoms. The summed E-state index contributed by atoms with van der Waals surface area (Å²) in [5, 5.41) is 37.8. The third-order valence-corrected chi connectivity index (χ3v) is 2.17. The Hall–Kier alpha value is -0.160. The SMILES string of the molecule is O=C([O-])CC(OCCC(CC(=O)O)C(=O)O)C(=O)[O-].[Na+].[Na+]. The Labute approximate surface area is 164 Å². The van der Waals surface area contributed by atoms with Crippen LogP contribution in [0, 0.1) is 5.92 Å². The smallest absolute Gasteiger partial charge is 0.550 e. The summed E-state index contributed by atoms with van der Waals surface area (Å²) in [6.07, 6.45) is -3.60. The Morgan fingerprint density at radius 2 is 1.52 bits per heavy atom. The molecular weight excluding hydrogens is 310 g/mol. The number of ether oxygens (including phenoxy) is 1. The predicted molar refractivity (Wildman–Crippen MR) is 52.4 cm³/mol. The summed E-state index contributed by atoms with van der Waals surface area (Å²) in [5.41, 5.74) is 0. The van der Waals surface area contributed by atoms with Crippen LogP contribution in [0.15, 0.2) is 0 Å². The second-order valence-electron chi connectivity index (χ2n) is 3.68. The van der Waals surface area contributed by atoms with Crippen LogP contribution in [0.5, 0.6) is 0 Å². The fourth-order valence-electron chi connectivity index (χ4n) is 1.24. The van der Waals surface area contributed by atoms with Crippen molar-refractivity contribution in [2.24, 2.45) is 5.92 Å². The summed E-state index contributed by atoms with van der Waals surface area (Å²) < 4.78 is 4.64. The first-order valence-electron chi connectivity index (χ1n) is 5.21. The van der Waals surface area contributed by atoms with E-state index in [1.165, 1.54) is 0 Å². The van der Waals surface area contributed by atoms with E-state index in [4.69, 9.17) is 10.2 Å². The van der Waals surface area contributed by atoms with Crippen molar-refractivity contribution in [2.75, 3.05) is 6.61 Å². The molecule has 0 bridgehead atoms. The van der Waals surface area contributed by atoms with Crippen molar-refractivity contribution in [1.29, 1.82) is 0 Å². The van der Waals surface area contributed by atoms with Crippen LogP contribution in [0.2, 0.25) is 0 Å². The third-order valence-electron chi connectivity index (χ3n) is 2.17. The van der Waals surface area contributed by atoms with Gasteiger partial charge in [-0.3, -0.25) is 9.59 Å². The largest absolute Gasteiger partial charge is 1.00 e. The van der Waals surface area contributed by atoms with E-state index in [9.17, 15) is 29.4 Å². The van der Waals surface area contributed by atoms with Gasteiger partial charge in [-0.15, -0.1) is 0 Å². The predicted octanol–water partition coefficient (Wildman–Crippen LogP) is -9.16. The van der Waals surface area contributed by atoms with Crippen LogP contribution in [0.4, 0.5) is 0 Å². The molecule has 0 aromatic heterocycles. The summed E-state index contributed by atoms with van der Waals surface area (Å²) in [6.45, 7) is -0.420. The van der Waals surface area contributed by atoms with Gasteiger partial charge in [0, 0.05) is 19.0 Å². The topological polar surface area (TPSA) is 164 Å². The molecule has 0 amide bonds. The van der Waals surface area contributed by atoms with Crippen molar-refractivity contribution in [3.05, 3.63) is 0 Å². The molecule has 0 aromatic rings. The van der Waals surface area contributed by atoms with Gasteiger partial charge in [0.25, 0.3) is 0 Å². The average molecular weight is 322 g/mol. The fourth-order valence-corrected chi connectivity index (χ4v) is 1.24. The molecule has 0 aliphatic rings. The van der Waals surface area contributed by atoms with E-state index in [1.54, 1.807) is 0 Å². The zero-order chi connectivity index (χ0) is 15.0. The third kappa shape index (κ3) is 13.2. The monoisotopic (exact) mass is 322 g/mol. The molecule has 0 saturated carbocycles. The van der Waals surface area contributed by atoms with E-state index in [0.29, 0.717) is 0 Å². The first kappa shape index (κ1) is 25.8. The van der Waals surface area contributed by atoms with Gasteiger partial charge in [0.2, 0.25) is 0 Å². The van der Waals surface area contributed by atoms with E-state index in [1.807, 2.05) is 0 Å². The molecule has 0 aliphatic carbocycles. The van der Waals surface area contributed by atoms with Gasteiger partial charge in [0.1, 0.15) is 6.10 Å². The zero-order valence-corrected chi connectivity index (χ0v) is 15.7. The first-order chi connectivity index (χ1) is 8.73. The molecular formula is C10H12Na2O9. The van der Waals surface area contributed by atoms with Crippen molar-refractivity contribution in [3.63, 3.8) is 0 Å². The molecule has 0 saturated heterocycles. The number of rotatable bonds is 10. The second-order valence-corrected chi connectivity index (χ2v) is 3.68. The van der Waals surface area contributed by atoms with Crippen molar-refractivity contribution >= 4 is 23.9 Å². The van der Waals surface area contributed by atoms with Crippen LogP contribution in [-0.4, -0.2) is 46.8 Å². The molecule has 0 aliphatic heterocycles. The summed E-state index contributed by atoms with van der Waals surface area (Å²) >= 11 is 0. The zero-order valence-electron chi connectivity index (χ0n) is 11.7. The van der Waals surface area contributed by atoms with E-state index in [-0.39, 0.29) is 65.5 Å². The van der Waals surface area contributed by atoms with Gasteiger partial charge in [-0.05, 0) is 6.42 Å². The normalized spacial score (nSPS) is 12.2. The van der Waals surface area contributed by atoms with Gasteiger partial charge in [0.15, 0.2) is 0 Å². The number of carboxylic acids is 4. The molecule has 0 heterocycles. The Balaban J connectivity index is -0.00000162. The van der Waals surface area contributed by atoms with Crippen molar-refractivity contribution in [1.82, 2.24) is 0 Å². The minimum atomic E-state index is -1.77. The number of carbonyl (C=O) groups excluding carboxylic acids is 2. The summed E-state index contributed by atoms with van der Waals surface area (Å²) in [4.78, 5) is 41.7. The molecule has 0 aromatic carbocycles. The van der Waals surface area contributed by atoms with E-state index in [2.05, 4.69) is 4.74 Å². The number of carbonyl (C=O) groups is 4. The van der Waals surface area contributed by atoms with Gasteiger partial charge >= 0.3 is 71.1 Å². The Bertz CT molecular complexity index is 338. The molecule has 9 nitrogen and oxygen atoms in total. The molecule has 108 valence electrons. The molecule has 2 atom stereocenters. The Kier molecular flexibility index (Phi) is 16.6. The minimum absolute atomic E-state index is 0. The van der Waals surface area contributed by atoms with Crippen LogP contribution in [0.3, 0.4) is 0 Å². The van der Waals surface area contributed by atoms with Crippen LogP contribution in [-0.2, 0) is 23.9 Å². The van der Waals surface area contributed by atoms with Crippen LogP contribution in [0.1, 0.15) is 19.3 Å². The standard InChI is InChI=1S/C10H14O9.2Na/c11-7(12)3-5(9(15)16)1-2-19-6(10(17)18)4-8(13)14;;/h5-6H,1-4H2,(H,11,12)(H,13,14)(H,15,16)(H,17,18);;/q;2*+1/p-2. The van der Waals surface area contributed by atoms with Crippen LogP contribution in [0.25, 0.3) is 0 Å². The van der Waals surface area contributed by atoms with Crippen molar-refractivity contribution < 1.29 is 103 Å². The molecule has 2 unspecified atom stereocenters. The number of hydrogen-bond acceptors (Lipinski definition) is 7. The molecule has 11 heteroatoms. The molecule has 21 heavy (non-hydrogen) atoms. The van der Waals surface area contributed by atoms with E-state index >= 15 is 0 Å². The number of aliphatic carboxylic acids is 4. The fraction of sp³-hybridized carbons (Fsp3) is 0.600. The Morgan fingerprint density at radius 3 is 1.86 bits per heavy atom. The van der Waals surface area contributed by atoms with Gasteiger partial charge in [0.05, 0.1) is 18.3 Å². The van der Waals surface area contributed by atoms with Crippen molar-refractivity contribution in [3.8, 4) is 0 Å². The van der Waals surface area contributed by atoms with Gasteiger partial charge in [-0.1, -0.05) is 0 Å². The first-order valence-corrected chi connectivity index (χ1v) is 5.21. The average Bonchev–Trinajstić information content (AvgIpc) is 2.24. The maximum Gasteiger partial charge on any atom is 1.00 e. The van der Waals surface area contributed by atoms with Crippen LogP contribution >= 0.6 is 0 Å². The van der Waals surface area contributed by atoms with Crippen LogP contribution < -0.4 is 69.3 Å². The molecule has 0 fully saturated rings. The molecule has 2 N–H and O–H groups in total. The quantitative estimate of drug-likeness (QED) is 0.371. The van der Waals surface area contributed by atoms with E-state index < -0.39 is 55.3 Å². The van der Waals surface area contributed by atoms with Gasteiger partial charge in [-0.25, -0.2) is 0 Å². The number of hydrogen-bond donors (Lipinski definition) is 2. The maximum absolute atomic E-state index is 10.7. The van der Waals surface area contributed by atoms with Gasteiger partial charge < -0.3 is 34.8 Å². The molecule has 0 rings (SSSR count). The van der Waals surface area contributed by atoms with Gasteiger partial charge in [-0.2, -0.15) is 0 Å². The molecule has 0 radical (unpaired) electrons.